The van der Waals surface area contributed by atoms with Gasteiger partial charge in [0.05, 0.1) is 12.3 Å². The molecule has 1 aromatic carbocycles. The molecule has 0 aromatic heterocycles. The molecule has 0 amide bonds. The van der Waals surface area contributed by atoms with Crippen LogP contribution in [0.15, 0.2) is 18.2 Å². The first-order valence-corrected chi connectivity index (χ1v) is 9.97. The normalized spacial score (nSPS) is 12.5. The van der Waals surface area contributed by atoms with Crippen molar-refractivity contribution < 1.29 is 31.3 Å². The monoisotopic (exact) mass is 348 g/mol. The molecule has 0 bridgehead atoms. The second-order valence-electron chi connectivity index (χ2n) is 4.25. The van der Waals surface area contributed by atoms with Crippen LogP contribution in [0.4, 0.5) is 0 Å². The third-order valence-corrected chi connectivity index (χ3v) is 8.79. The molecule has 9 heteroatoms. The number of ether oxygens (including phenoxy) is 1. The summed E-state index contributed by atoms with van der Waals surface area (Å²) in [6.07, 6.45) is 0. The predicted molar refractivity (Wildman–Crippen MR) is 85.8 cm³/mol. The van der Waals surface area contributed by atoms with Gasteiger partial charge in [-0.05, 0) is 12.1 Å². The van der Waals surface area contributed by atoms with E-state index in [0.29, 0.717) is 10.9 Å². The van der Waals surface area contributed by atoms with Crippen LogP contribution in [-0.2, 0) is 26.6 Å². The Morgan fingerprint density at radius 2 is 1.09 bits per heavy atom. The highest BCUT2D eigenvalue weighted by Gasteiger charge is 2.47. The lowest BCUT2D eigenvalue weighted by Gasteiger charge is -2.29. The minimum atomic E-state index is -3.08. The molecule has 0 unspecified atom stereocenters. The zero-order valence-electron chi connectivity index (χ0n) is 14.1. The Balaban J connectivity index is 3.54. The molecule has 0 N–H and O–H groups in total. The van der Waals surface area contributed by atoms with Crippen molar-refractivity contribution in [2.45, 2.75) is 0 Å². The molecule has 0 heterocycles. The van der Waals surface area contributed by atoms with Crippen LogP contribution in [0.2, 0.25) is 0 Å². The quantitative estimate of drug-likeness (QED) is 0.576. The lowest BCUT2D eigenvalue weighted by molar-refractivity contribution is 0.139. The molecule has 7 nitrogen and oxygen atoms in total. The minimum absolute atomic E-state index is 0.604. The zero-order chi connectivity index (χ0) is 16.8. The summed E-state index contributed by atoms with van der Waals surface area (Å²) in [5.74, 6) is 0.604. The summed E-state index contributed by atoms with van der Waals surface area (Å²) in [4.78, 5) is 0. The van der Waals surface area contributed by atoms with E-state index in [2.05, 4.69) is 0 Å². The van der Waals surface area contributed by atoms with E-state index in [1.165, 1.54) is 0 Å². The standard InChI is InChI=1S/C13H24O7Si2/c1-14-12-9-8-11(21(15-2,16-3)17-4)10-13(12)22(18-5,19-6)20-7/h8-10H,1-7H3. The smallest absolute Gasteiger partial charge is 0.497 e. The largest absolute Gasteiger partial charge is 0.540 e. The molecule has 0 saturated heterocycles. The highest BCUT2D eigenvalue weighted by molar-refractivity contribution is 6.79. The van der Waals surface area contributed by atoms with Crippen LogP contribution in [0.25, 0.3) is 0 Å². The molecule has 0 aliphatic carbocycles. The van der Waals surface area contributed by atoms with Crippen LogP contribution in [0.3, 0.4) is 0 Å². The van der Waals surface area contributed by atoms with Crippen molar-refractivity contribution in [3.8, 4) is 5.75 Å². The topological polar surface area (TPSA) is 64.6 Å². The van der Waals surface area contributed by atoms with E-state index in [1.54, 1.807) is 55.8 Å². The molecule has 0 saturated carbocycles. The van der Waals surface area contributed by atoms with Crippen molar-refractivity contribution in [3.05, 3.63) is 18.2 Å². The van der Waals surface area contributed by atoms with Gasteiger partial charge >= 0.3 is 17.6 Å². The van der Waals surface area contributed by atoms with Crippen molar-refractivity contribution in [3.63, 3.8) is 0 Å². The van der Waals surface area contributed by atoms with Crippen LogP contribution in [0.5, 0.6) is 5.75 Å². The van der Waals surface area contributed by atoms with Gasteiger partial charge in [0, 0.05) is 47.8 Å². The summed E-state index contributed by atoms with van der Waals surface area (Å²) in [7, 11) is 4.80. The fourth-order valence-corrected chi connectivity index (χ4v) is 6.26. The van der Waals surface area contributed by atoms with Gasteiger partial charge in [-0.3, -0.25) is 0 Å². The summed E-state index contributed by atoms with van der Waals surface area (Å²) >= 11 is 0. The van der Waals surface area contributed by atoms with Crippen molar-refractivity contribution in [1.29, 1.82) is 0 Å². The Morgan fingerprint density at radius 3 is 1.45 bits per heavy atom. The highest BCUT2D eigenvalue weighted by Crippen LogP contribution is 2.17. The Kier molecular flexibility index (Phi) is 7.16. The fraction of sp³-hybridized carbons (Fsp3) is 0.538. The first kappa shape index (κ1) is 19.3. The van der Waals surface area contributed by atoms with Crippen LogP contribution < -0.4 is 15.1 Å². The number of rotatable bonds is 9. The summed E-state index contributed by atoms with van der Waals surface area (Å²) < 4.78 is 38.6. The molecule has 0 fully saturated rings. The van der Waals surface area contributed by atoms with Gasteiger partial charge in [-0.15, -0.1) is 0 Å². The lowest BCUT2D eigenvalue weighted by Crippen LogP contribution is -2.59. The molecule has 0 aliphatic heterocycles. The SMILES string of the molecule is COc1ccc([Si](OC)(OC)OC)cc1[Si](OC)(OC)OC. The predicted octanol–water partition coefficient (Wildman–Crippen LogP) is -0.135. The van der Waals surface area contributed by atoms with Crippen molar-refractivity contribution >= 4 is 28.0 Å². The third kappa shape index (κ3) is 3.26. The first-order valence-electron chi connectivity index (χ1n) is 6.52. The second-order valence-corrected chi connectivity index (χ2v) is 10.0. The Bertz CT molecular complexity index is 459. The maximum Gasteiger partial charge on any atom is 0.540 e. The summed E-state index contributed by atoms with van der Waals surface area (Å²) in [6, 6.07) is 5.47. The summed E-state index contributed by atoms with van der Waals surface area (Å²) in [6.45, 7) is 0. The summed E-state index contributed by atoms with van der Waals surface area (Å²) in [5, 5.41) is 1.45. The Morgan fingerprint density at radius 1 is 0.636 bits per heavy atom. The molecule has 126 valence electrons. The van der Waals surface area contributed by atoms with Crippen molar-refractivity contribution in [2.75, 3.05) is 49.8 Å². The average Bonchev–Trinajstić information content (AvgIpc) is 2.59. The number of hydrogen-bond acceptors (Lipinski definition) is 7. The zero-order valence-corrected chi connectivity index (χ0v) is 16.1. The number of benzene rings is 1. The highest BCUT2D eigenvalue weighted by atomic mass is 28.4. The van der Waals surface area contributed by atoms with E-state index in [1.807, 2.05) is 12.1 Å². The van der Waals surface area contributed by atoms with Gasteiger partial charge in [-0.1, -0.05) is 6.07 Å². The molecule has 0 aliphatic rings. The van der Waals surface area contributed by atoms with E-state index in [0.717, 1.165) is 5.19 Å². The maximum atomic E-state index is 5.54. The van der Waals surface area contributed by atoms with Gasteiger partial charge in [-0.25, -0.2) is 0 Å². The van der Waals surface area contributed by atoms with Gasteiger partial charge in [0.25, 0.3) is 0 Å². The number of methoxy groups -OCH3 is 1. The van der Waals surface area contributed by atoms with Crippen LogP contribution in [0.1, 0.15) is 0 Å². The third-order valence-electron chi connectivity index (χ3n) is 3.50. The Hall–Kier alpha value is -0.786. The summed E-state index contributed by atoms with van der Waals surface area (Å²) in [5.41, 5.74) is 0. The van der Waals surface area contributed by atoms with Gasteiger partial charge in [-0.2, -0.15) is 0 Å². The number of hydrogen-bond donors (Lipinski definition) is 0. The van der Waals surface area contributed by atoms with E-state index >= 15 is 0 Å². The van der Waals surface area contributed by atoms with Crippen molar-refractivity contribution in [1.82, 2.24) is 0 Å². The lowest BCUT2D eigenvalue weighted by atomic mass is 10.3. The minimum Gasteiger partial charge on any atom is -0.497 e. The second kappa shape index (κ2) is 8.17. The molecule has 1 aromatic rings. The first-order chi connectivity index (χ1) is 10.5. The van der Waals surface area contributed by atoms with E-state index < -0.39 is 17.6 Å². The van der Waals surface area contributed by atoms with E-state index in [4.69, 9.17) is 31.3 Å². The molecule has 1 rings (SSSR count). The molecule has 0 spiro atoms. The van der Waals surface area contributed by atoms with E-state index in [9.17, 15) is 0 Å². The van der Waals surface area contributed by atoms with Gasteiger partial charge < -0.3 is 31.3 Å². The van der Waals surface area contributed by atoms with Crippen LogP contribution in [0, 0.1) is 0 Å². The van der Waals surface area contributed by atoms with Gasteiger partial charge in [0.1, 0.15) is 5.75 Å². The van der Waals surface area contributed by atoms with Crippen LogP contribution >= 0.6 is 0 Å². The molecule has 0 atom stereocenters. The van der Waals surface area contributed by atoms with Crippen LogP contribution in [-0.4, -0.2) is 67.4 Å². The van der Waals surface area contributed by atoms with Gasteiger partial charge in [0.15, 0.2) is 0 Å². The average molecular weight is 349 g/mol. The molecular formula is C13H24O7Si2. The van der Waals surface area contributed by atoms with E-state index in [-0.39, 0.29) is 0 Å². The maximum absolute atomic E-state index is 5.54. The molecule has 0 radical (unpaired) electrons. The Labute approximate surface area is 133 Å². The van der Waals surface area contributed by atoms with Gasteiger partial charge in [0.2, 0.25) is 0 Å². The fourth-order valence-electron chi connectivity index (χ4n) is 2.32. The molecular weight excluding hydrogens is 324 g/mol. The molecule has 22 heavy (non-hydrogen) atoms. The van der Waals surface area contributed by atoms with Crippen molar-refractivity contribution in [2.24, 2.45) is 0 Å².